The Balaban J connectivity index is 1.72. The smallest absolute Gasteiger partial charge is 0.317 e. The summed E-state index contributed by atoms with van der Waals surface area (Å²) in [4.78, 5) is 14.8. The fourth-order valence-electron chi connectivity index (χ4n) is 3.57. The number of hydrogen-bond acceptors (Lipinski definition) is 3. The Hall–Kier alpha value is -2.99. The van der Waals surface area contributed by atoms with Gasteiger partial charge in [-0.1, -0.05) is 48.9 Å². The average molecular weight is 453 g/mol. The number of para-hydroxylation sites is 2. The Kier molecular flexibility index (Phi) is 7.00. The molecule has 7 heteroatoms. The number of carbonyl (C=O) groups excluding carboxylic acids is 1. The van der Waals surface area contributed by atoms with Crippen LogP contribution in [-0.2, 0) is 6.54 Å². The van der Waals surface area contributed by atoms with Crippen molar-refractivity contribution < 1.29 is 9.53 Å². The van der Waals surface area contributed by atoms with E-state index in [9.17, 15) is 4.79 Å². The van der Waals surface area contributed by atoms with Crippen LogP contribution in [0.2, 0.25) is 5.02 Å². The summed E-state index contributed by atoms with van der Waals surface area (Å²) >= 11 is 6.39. The molecule has 3 aromatic rings. The molecule has 168 valence electrons. The molecule has 1 N–H and O–H groups in total. The minimum Gasteiger partial charge on any atom is -0.437 e. The zero-order chi connectivity index (χ0) is 22.5. The van der Waals surface area contributed by atoms with Crippen molar-refractivity contribution in [1.29, 1.82) is 0 Å². The van der Waals surface area contributed by atoms with Crippen LogP contribution >= 0.6 is 11.6 Å². The Morgan fingerprint density at radius 3 is 2.59 bits per heavy atom. The monoisotopic (exact) mass is 452 g/mol. The highest BCUT2D eigenvalue weighted by Crippen LogP contribution is 2.36. The molecule has 0 unspecified atom stereocenters. The number of aryl methyl sites for hydroxylation is 1. The van der Waals surface area contributed by atoms with Crippen molar-refractivity contribution in [3.05, 3.63) is 70.9 Å². The number of amides is 2. The molecule has 0 atom stereocenters. The lowest BCUT2D eigenvalue weighted by Crippen LogP contribution is -2.41. The number of urea groups is 1. The number of ether oxygens (including phenoxy) is 1. The number of benzene rings is 2. The van der Waals surface area contributed by atoms with E-state index in [1.807, 2.05) is 60.4 Å². The molecule has 32 heavy (non-hydrogen) atoms. The highest BCUT2D eigenvalue weighted by Gasteiger charge is 2.29. The van der Waals surface area contributed by atoms with Crippen LogP contribution in [0.25, 0.3) is 5.69 Å². The predicted molar refractivity (Wildman–Crippen MR) is 127 cm³/mol. The second-order valence-electron chi connectivity index (χ2n) is 8.20. The summed E-state index contributed by atoms with van der Waals surface area (Å²) in [6.45, 7) is 5.81. The van der Waals surface area contributed by atoms with Gasteiger partial charge in [-0.15, -0.1) is 0 Å². The van der Waals surface area contributed by atoms with Gasteiger partial charge in [-0.25, -0.2) is 9.48 Å². The number of halogens is 1. The van der Waals surface area contributed by atoms with Crippen LogP contribution in [0, 0.1) is 12.8 Å². The number of carbonyl (C=O) groups is 1. The molecule has 1 saturated carbocycles. The first-order chi connectivity index (χ1) is 15.6. The molecule has 1 heterocycles. The van der Waals surface area contributed by atoms with Gasteiger partial charge < -0.3 is 15.0 Å². The van der Waals surface area contributed by atoms with Gasteiger partial charge >= 0.3 is 6.03 Å². The van der Waals surface area contributed by atoms with Crippen LogP contribution < -0.4 is 10.1 Å². The zero-order valence-corrected chi connectivity index (χ0v) is 19.3. The summed E-state index contributed by atoms with van der Waals surface area (Å²) in [6.07, 6.45) is 3.24. The van der Waals surface area contributed by atoms with Crippen LogP contribution in [0.1, 0.15) is 37.4 Å². The fourth-order valence-corrected chi connectivity index (χ4v) is 3.74. The van der Waals surface area contributed by atoms with E-state index in [2.05, 4.69) is 12.2 Å². The molecule has 0 radical (unpaired) electrons. The normalized spacial score (nSPS) is 13.1. The van der Waals surface area contributed by atoms with E-state index < -0.39 is 0 Å². The molecule has 2 aromatic carbocycles. The molecule has 1 aliphatic rings. The maximum absolute atomic E-state index is 12.9. The maximum Gasteiger partial charge on any atom is 0.317 e. The first kappa shape index (κ1) is 22.2. The fraction of sp³-hybridized carbons (Fsp3) is 0.360. The SMILES string of the molecule is CCCNC(=O)N(Cc1c(C)nn(-c2ccccc2)c1Oc1ccccc1Cl)CC1CC1. The Labute approximate surface area is 194 Å². The van der Waals surface area contributed by atoms with E-state index in [4.69, 9.17) is 21.4 Å². The molecule has 0 aliphatic heterocycles. The summed E-state index contributed by atoms with van der Waals surface area (Å²) < 4.78 is 8.12. The Morgan fingerprint density at radius 1 is 1.19 bits per heavy atom. The summed E-state index contributed by atoms with van der Waals surface area (Å²) in [5.74, 6) is 1.70. The Bertz CT molecular complexity index is 1060. The molecule has 0 saturated heterocycles. The average Bonchev–Trinajstić information content (AvgIpc) is 3.58. The summed E-state index contributed by atoms with van der Waals surface area (Å²) in [5.41, 5.74) is 2.58. The third-order valence-electron chi connectivity index (χ3n) is 5.52. The lowest BCUT2D eigenvalue weighted by atomic mass is 10.2. The molecule has 0 spiro atoms. The third kappa shape index (κ3) is 5.25. The topological polar surface area (TPSA) is 59.4 Å². The van der Waals surface area contributed by atoms with Gasteiger partial charge in [0.2, 0.25) is 5.88 Å². The van der Waals surface area contributed by atoms with Gasteiger partial charge in [0.05, 0.1) is 28.5 Å². The number of aromatic nitrogens is 2. The van der Waals surface area contributed by atoms with Crippen molar-refractivity contribution in [2.75, 3.05) is 13.1 Å². The van der Waals surface area contributed by atoms with Crippen LogP contribution in [0.15, 0.2) is 54.6 Å². The minimum absolute atomic E-state index is 0.0469. The van der Waals surface area contributed by atoms with Crippen molar-refractivity contribution in [2.24, 2.45) is 5.92 Å². The van der Waals surface area contributed by atoms with Crippen LogP contribution in [-0.4, -0.2) is 33.8 Å². The van der Waals surface area contributed by atoms with E-state index in [-0.39, 0.29) is 6.03 Å². The van der Waals surface area contributed by atoms with Crippen molar-refractivity contribution >= 4 is 17.6 Å². The summed E-state index contributed by atoms with van der Waals surface area (Å²) in [6, 6.07) is 17.2. The number of nitrogens with one attached hydrogen (secondary N) is 1. The van der Waals surface area contributed by atoms with Crippen molar-refractivity contribution in [3.8, 4) is 17.3 Å². The molecule has 1 aromatic heterocycles. The minimum atomic E-state index is -0.0469. The highest BCUT2D eigenvalue weighted by atomic mass is 35.5. The maximum atomic E-state index is 12.9. The molecule has 4 rings (SSSR count). The van der Waals surface area contributed by atoms with Crippen LogP contribution in [0.5, 0.6) is 11.6 Å². The number of nitrogens with zero attached hydrogens (tertiary/aromatic N) is 3. The van der Waals surface area contributed by atoms with Gasteiger partial charge in [0.15, 0.2) is 0 Å². The standard InChI is InChI=1S/C25H29ClN4O2/c1-3-15-27-25(31)29(16-19-13-14-19)17-21-18(2)28-30(20-9-5-4-6-10-20)24(21)32-23-12-8-7-11-22(23)26/h4-12,19H,3,13-17H2,1-2H3,(H,27,31). The first-order valence-corrected chi connectivity index (χ1v) is 11.5. The summed E-state index contributed by atoms with van der Waals surface area (Å²) in [5, 5.41) is 8.31. The second kappa shape index (κ2) is 10.1. The van der Waals surface area contributed by atoms with Crippen LogP contribution in [0.3, 0.4) is 0 Å². The largest absolute Gasteiger partial charge is 0.437 e. The highest BCUT2D eigenvalue weighted by molar-refractivity contribution is 6.32. The van der Waals surface area contributed by atoms with Gasteiger partial charge in [0, 0.05) is 13.1 Å². The van der Waals surface area contributed by atoms with Crippen LogP contribution in [0.4, 0.5) is 4.79 Å². The molecule has 0 bridgehead atoms. The van der Waals surface area contributed by atoms with E-state index in [1.54, 1.807) is 10.7 Å². The molecule has 1 fully saturated rings. The van der Waals surface area contributed by atoms with Crippen molar-refractivity contribution in [1.82, 2.24) is 20.0 Å². The third-order valence-corrected chi connectivity index (χ3v) is 5.83. The predicted octanol–water partition coefficient (Wildman–Crippen LogP) is 5.96. The van der Waals surface area contributed by atoms with E-state index in [0.29, 0.717) is 35.7 Å². The second-order valence-corrected chi connectivity index (χ2v) is 8.61. The first-order valence-electron chi connectivity index (χ1n) is 11.2. The molecule has 1 aliphatic carbocycles. The summed E-state index contributed by atoms with van der Waals surface area (Å²) in [7, 11) is 0. The van der Waals surface area contributed by atoms with Gasteiger partial charge in [-0.2, -0.15) is 5.10 Å². The molecular weight excluding hydrogens is 424 g/mol. The number of rotatable bonds is 9. The van der Waals surface area contributed by atoms with Crippen molar-refractivity contribution in [3.63, 3.8) is 0 Å². The number of hydrogen-bond donors (Lipinski definition) is 1. The lowest BCUT2D eigenvalue weighted by molar-refractivity contribution is 0.192. The van der Waals surface area contributed by atoms with Gasteiger partial charge in [0.1, 0.15) is 5.75 Å². The van der Waals surface area contributed by atoms with Gasteiger partial charge in [-0.05, 0) is 56.4 Å². The quantitative estimate of drug-likeness (QED) is 0.436. The zero-order valence-electron chi connectivity index (χ0n) is 18.6. The molecule has 2 amide bonds. The van der Waals surface area contributed by atoms with E-state index >= 15 is 0 Å². The molecule has 6 nitrogen and oxygen atoms in total. The lowest BCUT2D eigenvalue weighted by Gasteiger charge is -2.23. The van der Waals surface area contributed by atoms with E-state index in [0.717, 1.165) is 29.9 Å². The molecular formula is C25H29ClN4O2. The Morgan fingerprint density at radius 2 is 1.91 bits per heavy atom. The van der Waals surface area contributed by atoms with Gasteiger partial charge in [-0.3, -0.25) is 0 Å². The van der Waals surface area contributed by atoms with E-state index in [1.165, 1.54) is 12.8 Å². The van der Waals surface area contributed by atoms with Crippen molar-refractivity contribution in [2.45, 2.75) is 39.7 Å². The van der Waals surface area contributed by atoms with Gasteiger partial charge in [0.25, 0.3) is 0 Å².